The third-order valence-corrected chi connectivity index (χ3v) is 3.30. The summed E-state index contributed by atoms with van der Waals surface area (Å²) in [5, 5.41) is 3.53. The molecule has 0 bridgehead atoms. The van der Waals surface area contributed by atoms with Crippen molar-refractivity contribution in [2.45, 2.75) is 40.5 Å². The Bertz CT molecular complexity index is 140. The summed E-state index contributed by atoms with van der Waals surface area (Å²) in [5.74, 6) is 3.61. The zero-order valence-corrected chi connectivity index (χ0v) is 9.64. The van der Waals surface area contributed by atoms with E-state index in [1.807, 2.05) is 0 Å². The SMILES string of the molecule is CC(C)CC1CNCCC1C(C)C. The van der Waals surface area contributed by atoms with Gasteiger partial charge in [-0.3, -0.25) is 0 Å². The second-order valence-corrected chi connectivity index (χ2v) is 5.29. The summed E-state index contributed by atoms with van der Waals surface area (Å²) in [5.41, 5.74) is 0. The molecule has 0 amide bonds. The van der Waals surface area contributed by atoms with Crippen molar-refractivity contribution in [3.05, 3.63) is 0 Å². The molecule has 0 aliphatic carbocycles. The summed E-state index contributed by atoms with van der Waals surface area (Å²) in [6, 6.07) is 0. The van der Waals surface area contributed by atoms with Crippen LogP contribution in [0.15, 0.2) is 0 Å². The second-order valence-electron chi connectivity index (χ2n) is 5.29. The van der Waals surface area contributed by atoms with Crippen molar-refractivity contribution >= 4 is 0 Å². The van der Waals surface area contributed by atoms with E-state index in [2.05, 4.69) is 33.0 Å². The first-order chi connectivity index (χ1) is 6.11. The lowest BCUT2D eigenvalue weighted by Crippen LogP contribution is -2.39. The molecule has 1 heteroatoms. The van der Waals surface area contributed by atoms with Crippen LogP contribution in [0.3, 0.4) is 0 Å². The first-order valence-corrected chi connectivity index (χ1v) is 5.82. The molecular formula is C12H25N. The molecule has 1 nitrogen and oxygen atoms in total. The minimum absolute atomic E-state index is 0.853. The lowest BCUT2D eigenvalue weighted by molar-refractivity contribution is 0.170. The molecule has 1 rings (SSSR count). The molecule has 1 N–H and O–H groups in total. The molecule has 2 atom stereocenters. The Hall–Kier alpha value is -0.0400. The number of nitrogens with one attached hydrogen (secondary N) is 1. The van der Waals surface area contributed by atoms with Gasteiger partial charge < -0.3 is 5.32 Å². The first-order valence-electron chi connectivity index (χ1n) is 5.82. The standard InChI is InChI=1S/C12H25N/c1-9(2)7-11-8-13-6-5-12(11)10(3)4/h9-13H,5-8H2,1-4H3. The Morgan fingerprint density at radius 2 is 1.92 bits per heavy atom. The average molecular weight is 183 g/mol. The molecule has 0 aromatic carbocycles. The van der Waals surface area contributed by atoms with E-state index in [9.17, 15) is 0 Å². The summed E-state index contributed by atoms with van der Waals surface area (Å²) < 4.78 is 0. The maximum absolute atomic E-state index is 3.53. The van der Waals surface area contributed by atoms with Gasteiger partial charge in [-0.25, -0.2) is 0 Å². The highest BCUT2D eigenvalue weighted by molar-refractivity contribution is 4.80. The van der Waals surface area contributed by atoms with E-state index >= 15 is 0 Å². The van der Waals surface area contributed by atoms with Crippen molar-refractivity contribution in [2.75, 3.05) is 13.1 Å². The maximum Gasteiger partial charge on any atom is -0.00177 e. The fourth-order valence-electron chi connectivity index (χ4n) is 2.68. The van der Waals surface area contributed by atoms with Crippen LogP contribution in [0.25, 0.3) is 0 Å². The van der Waals surface area contributed by atoms with Gasteiger partial charge in [0.15, 0.2) is 0 Å². The monoisotopic (exact) mass is 183 g/mol. The van der Waals surface area contributed by atoms with Crippen LogP contribution < -0.4 is 5.32 Å². The number of piperidine rings is 1. The number of rotatable bonds is 3. The average Bonchev–Trinajstić information content (AvgIpc) is 2.03. The van der Waals surface area contributed by atoms with Gasteiger partial charge in [0, 0.05) is 0 Å². The molecule has 0 aromatic heterocycles. The fourth-order valence-corrected chi connectivity index (χ4v) is 2.68. The third kappa shape index (κ3) is 3.30. The van der Waals surface area contributed by atoms with Crippen molar-refractivity contribution in [3.8, 4) is 0 Å². The van der Waals surface area contributed by atoms with E-state index in [1.54, 1.807) is 0 Å². The fraction of sp³-hybridized carbons (Fsp3) is 1.00. The maximum atomic E-state index is 3.53. The summed E-state index contributed by atoms with van der Waals surface area (Å²) >= 11 is 0. The molecule has 13 heavy (non-hydrogen) atoms. The van der Waals surface area contributed by atoms with Crippen LogP contribution in [0.4, 0.5) is 0 Å². The summed E-state index contributed by atoms with van der Waals surface area (Å²) in [7, 11) is 0. The minimum atomic E-state index is 0.853. The van der Waals surface area contributed by atoms with Crippen molar-refractivity contribution in [3.63, 3.8) is 0 Å². The van der Waals surface area contributed by atoms with Gasteiger partial charge in [0.2, 0.25) is 0 Å². The first kappa shape index (κ1) is 11.0. The lowest BCUT2D eigenvalue weighted by atomic mass is 9.75. The van der Waals surface area contributed by atoms with Crippen LogP contribution in [-0.4, -0.2) is 13.1 Å². The Morgan fingerprint density at radius 1 is 1.23 bits per heavy atom. The van der Waals surface area contributed by atoms with E-state index in [4.69, 9.17) is 0 Å². The lowest BCUT2D eigenvalue weighted by Gasteiger charge is -2.35. The number of hydrogen-bond donors (Lipinski definition) is 1. The van der Waals surface area contributed by atoms with Crippen LogP contribution in [0.1, 0.15) is 40.5 Å². The summed E-state index contributed by atoms with van der Waals surface area (Å²) in [4.78, 5) is 0. The summed E-state index contributed by atoms with van der Waals surface area (Å²) in [6.45, 7) is 11.9. The normalized spacial score (nSPS) is 30.0. The van der Waals surface area contributed by atoms with Gasteiger partial charge in [0.25, 0.3) is 0 Å². The molecule has 1 fully saturated rings. The Balaban J connectivity index is 2.46. The quantitative estimate of drug-likeness (QED) is 0.709. The molecule has 78 valence electrons. The second kappa shape index (κ2) is 4.99. The molecule has 1 heterocycles. The van der Waals surface area contributed by atoms with Gasteiger partial charge in [0.05, 0.1) is 0 Å². The largest absolute Gasteiger partial charge is 0.316 e. The van der Waals surface area contributed by atoms with Crippen molar-refractivity contribution < 1.29 is 0 Å². The molecule has 1 saturated heterocycles. The van der Waals surface area contributed by atoms with E-state index in [-0.39, 0.29) is 0 Å². The third-order valence-electron chi connectivity index (χ3n) is 3.30. The highest BCUT2D eigenvalue weighted by Crippen LogP contribution is 2.30. The van der Waals surface area contributed by atoms with E-state index < -0.39 is 0 Å². The Labute approximate surface area is 83.3 Å². The van der Waals surface area contributed by atoms with Crippen LogP contribution in [-0.2, 0) is 0 Å². The van der Waals surface area contributed by atoms with Gasteiger partial charge in [0.1, 0.15) is 0 Å². The molecule has 0 saturated carbocycles. The van der Waals surface area contributed by atoms with Crippen LogP contribution in [0, 0.1) is 23.7 Å². The van der Waals surface area contributed by atoms with Gasteiger partial charge in [-0.15, -0.1) is 0 Å². The van der Waals surface area contributed by atoms with Gasteiger partial charge >= 0.3 is 0 Å². The molecule has 0 radical (unpaired) electrons. The van der Waals surface area contributed by atoms with Gasteiger partial charge in [-0.1, -0.05) is 27.7 Å². The Kier molecular flexibility index (Phi) is 4.24. The molecule has 2 unspecified atom stereocenters. The zero-order chi connectivity index (χ0) is 9.84. The molecule has 1 aliphatic rings. The van der Waals surface area contributed by atoms with Gasteiger partial charge in [-0.2, -0.15) is 0 Å². The van der Waals surface area contributed by atoms with E-state index in [0.29, 0.717) is 0 Å². The van der Waals surface area contributed by atoms with Crippen molar-refractivity contribution in [2.24, 2.45) is 23.7 Å². The molecular weight excluding hydrogens is 158 g/mol. The smallest absolute Gasteiger partial charge is 0.00177 e. The van der Waals surface area contributed by atoms with E-state index in [1.165, 1.54) is 25.9 Å². The van der Waals surface area contributed by atoms with Crippen molar-refractivity contribution in [1.29, 1.82) is 0 Å². The van der Waals surface area contributed by atoms with Crippen LogP contribution in [0.2, 0.25) is 0 Å². The predicted octanol–water partition coefficient (Wildman–Crippen LogP) is 2.91. The van der Waals surface area contributed by atoms with Gasteiger partial charge in [-0.05, 0) is 49.6 Å². The van der Waals surface area contributed by atoms with Crippen molar-refractivity contribution in [1.82, 2.24) is 5.32 Å². The van der Waals surface area contributed by atoms with Crippen LogP contribution >= 0.6 is 0 Å². The summed E-state index contributed by atoms with van der Waals surface area (Å²) in [6.07, 6.45) is 2.78. The topological polar surface area (TPSA) is 12.0 Å². The Morgan fingerprint density at radius 3 is 2.46 bits per heavy atom. The van der Waals surface area contributed by atoms with Crippen LogP contribution in [0.5, 0.6) is 0 Å². The van der Waals surface area contributed by atoms with E-state index in [0.717, 1.165) is 23.7 Å². The minimum Gasteiger partial charge on any atom is -0.316 e. The molecule has 0 aromatic rings. The number of hydrogen-bond acceptors (Lipinski definition) is 1. The zero-order valence-electron chi connectivity index (χ0n) is 9.64. The molecule has 1 aliphatic heterocycles. The predicted molar refractivity (Wildman–Crippen MR) is 58.8 cm³/mol. The highest BCUT2D eigenvalue weighted by atomic mass is 14.9. The molecule has 0 spiro atoms. The highest BCUT2D eigenvalue weighted by Gasteiger charge is 2.27.